The molecule has 1 aromatic rings. The Morgan fingerprint density at radius 3 is 2.78 bits per heavy atom. The number of benzene rings is 1. The van der Waals surface area contributed by atoms with Crippen LogP contribution in [0.15, 0.2) is 23.4 Å². The molecule has 6 heteroatoms. The van der Waals surface area contributed by atoms with Crippen LogP contribution in [0.3, 0.4) is 0 Å². The lowest BCUT2D eigenvalue weighted by atomic mass is 10.1. The third kappa shape index (κ3) is 4.31. The average molecular weight is 255 g/mol. The van der Waals surface area contributed by atoms with Crippen LogP contribution in [-0.4, -0.2) is 29.3 Å². The number of halogens is 1. The number of amidine groups is 1. The summed E-state index contributed by atoms with van der Waals surface area (Å²) in [4.78, 5) is 0. The van der Waals surface area contributed by atoms with E-state index < -0.39 is 5.82 Å². The summed E-state index contributed by atoms with van der Waals surface area (Å²) in [5.41, 5.74) is 6.23. The summed E-state index contributed by atoms with van der Waals surface area (Å²) in [5, 5.41) is 23.0. The summed E-state index contributed by atoms with van der Waals surface area (Å²) >= 11 is 0. The van der Waals surface area contributed by atoms with Crippen molar-refractivity contribution in [1.29, 1.82) is 0 Å². The molecule has 18 heavy (non-hydrogen) atoms. The van der Waals surface area contributed by atoms with Gasteiger partial charge in [-0.1, -0.05) is 17.3 Å². The number of aliphatic hydroxyl groups is 1. The quantitative estimate of drug-likeness (QED) is 0.190. The lowest BCUT2D eigenvalue weighted by molar-refractivity contribution is 0.283. The molecule has 0 saturated heterocycles. The topological polar surface area (TPSA) is 90.9 Å². The summed E-state index contributed by atoms with van der Waals surface area (Å²) in [7, 11) is 0. The van der Waals surface area contributed by atoms with Gasteiger partial charge in [0.15, 0.2) is 5.84 Å². The van der Waals surface area contributed by atoms with E-state index >= 15 is 0 Å². The number of nitrogens with one attached hydrogen (secondary N) is 1. The number of rotatable bonds is 7. The van der Waals surface area contributed by atoms with Gasteiger partial charge in [0.05, 0.1) is 0 Å². The second kappa shape index (κ2) is 7.62. The first kappa shape index (κ1) is 14.4. The predicted octanol–water partition coefficient (Wildman–Crippen LogP) is 0.782. The highest BCUT2D eigenvalue weighted by atomic mass is 19.1. The van der Waals surface area contributed by atoms with Crippen LogP contribution in [0.4, 0.5) is 4.39 Å². The Kier molecular flexibility index (Phi) is 6.10. The summed E-state index contributed by atoms with van der Waals surface area (Å²) < 4.78 is 13.6. The number of nitrogens with zero attached hydrogens (tertiary/aromatic N) is 1. The molecule has 0 aromatic heterocycles. The number of hydrogen-bond acceptors (Lipinski definition) is 4. The van der Waals surface area contributed by atoms with Crippen LogP contribution in [0.25, 0.3) is 0 Å². The van der Waals surface area contributed by atoms with E-state index in [-0.39, 0.29) is 12.4 Å². The van der Waals surface area contributed by atoms with Crippen molar-refractivity contribution in [3.63, 3.8) is 0 Å². The van der Waals surface area contributed by atoms with E-state index in [0.29, 0.717) is 17.7 Å². The zero-order valence-corrected chi connectivity index (χ0v) is 10.1. The molecule has 5 nitrogen and oxygen atoms in total. The molecule has 5 N–H and O–H groups in total. The molecule has 0 atom stereocenters. The van der Waals surface area contributed by atoms with Crippen molar-refractivity contribution in [1.82, 2.24) is 5.32 Å². The van der Waals surface area contributed by atoms with Gasteiger partial charge in [-0.3, -0.25) is 0 Å². The molecule has 0 aliphatic heterocycles. The van der Waals surface area contributed by atoms with Crippen molar-refractivity contribution >= 4 is 5.84 Å². The summed E-state index contributed by atoms with van der Waals surface area (Å²) in [6.07, 6.45) is 1.58. The van der Waals surface area contributed by atoms with Gasteiger partial charge in [0.25, 0.3) is 0 Å². The van der Waals surface area contributed by atoms with Crippen LogP contribution in [-0.2, 0) is 6.54 Å². The molecular weight excluding hydrogens is 237 g/mol. The highest BCUT2D eigenvalue weighted by Gasteiger charge is 2.05. The maximum Gasteiger partial charge on any atom is 0.170 e. The van der Waals surface area contributed by atoms with Crippen molar-refractivity contribution in [2.24, 2.45) is 10.9 Å². The first-order chi connectivity index (χ1) is 8.69. The van der Waals surface area contributed by atoms with Crippen LogP contribution in [0, 0.1) is 5.82 Å². The van der Waals surface area contributed by atoms with Gasteiger partial charge in [0.1, 0.15) is 5.82 Å². The Bertz CT molecular complexity index is 410. The molecule has 0 amide bonds. The molecule has 0 bridgehead atoms. The molecule has 0 heterocycles. The summed E-state index contributed by atoms with van der Waals surface area (Å²) in [6.45, 7) is 1.31. The SMILES string of the molecule is N/C(=N/O)c1ccc(CNCCCCO)c(F)c1. The summed E-state index contributed by atoms with van der Waals surface area (Å²) in [6, 6.07) is 4.43. The van der Waals surface area contributed by atoms with Crippen molar-refractivity contribution in [2.45, 2.75) is 19.4 Å². The molecule has 0 saturated carbocycles. The first-order valence-corrected chi connectivity index (χ1v) is 5.77. The normalized spacial score (nSPS) is 11.8. The van der Waals surface area contributed by atoms with Crippen LogP contribution in [0.5, 0.6) is 0 Å². The van der Waals surface area contributed by atoms with Crippen molar-refractivity contribution in [3.05, 3.63) is 35.1 Å². The van der Waals surface area contributed by atoms with Gasteiger partial charge in [-0.2, -0.15) is 0 Å². The lowest BCUT2D eigenvalue weighted by Gasteiger charge is -2.07. The van der Waals surface area contributed by atoms with Crippen molar-refractivity contribution in [2.75, 3.05) is 13.2 Å². The van der Waals surface area contributed by atoms with Gasteiger partial charge in [-0.15, -0.1) is 0 Å². The second-order valence-electron chi connectivity index (χ2n) is 3.90. The Morgan fingerprint density at radius 2 is 2.17 bits per heavy atom. The zero-order valence-electron chi connectivity index (χ0n) is 10.1. The number of nitrogens with two attached hydrogens (primary N) is 1. The van der Waals surface area contributed by atoms with Crippen LogP contribution < -0.4 is 11.1 Å². The van der Waals surface area contributed by atoms with E-state index in [0.717, 1.165) is 19.4 Å². The zero-order chi connectivity index (χ0) is 13.4. The van der Waals surface area contributed by atoms with Gasteiger partial charge in [-0.25, -0.2) is 4.39 Å². The fourth-order valence-electron chi connectivity index (χ4n) is 1.49. The molecule has 0 radical (unpaired) electrons. The molecule has 1 aromatic carbocycles. The minimum absolute atomic E-state index is 0.114. The second-order valence-corrected chi connectivity index (χ2v) is 3.90. The lowest BCUT2D eigenvalue weighted by Crippen LogP contribution is -2.17. The highest BCUT2D eigenvalue weighted by Crippen LogP contribution is 2.10. The molecule has 0 aliphatic rings. The van der Waals surface area contributed by atoms with E-state index in [1.54, 1.807) is 12.1 Å². The van der Waals surface area contributed by atoms with Crippen LogP contribution in [0.1, 0.15) is 24.0 Å². The van der Waals surface area contributed by atoms with Crippen LogP contribution in [0.2, 0.25) is 0 Å². The maximum absolute atomic E-state index is 13.6. The molecule has 100 valence electrons. The monoisotopic (exact) mass is 255 g/mol. The number of hydrogen-bond donors (Lipinski definition) is 4. The third-order valence-corrected chi connectivity index (χ3v) is 2.53. The van der Waals surface area contributed by atoms with Crippen molar-refractivity contribution < 1.29 is 14.7 Å². The van der Waals surface area contributed by atoms with E-state index in [2.05, 4.69) is 10.5 Å². The van der Waals surface area contributed by atoms with E-state index in [9.17, 15) is 4.39 Å². The van der Waals surface area contributed by atoms with Gasteiger partial charge in [0.2, 0.25) is 0 Å². The van der Waals surface area contributed by atoms with Gasteiger partial charge >= 0.3 is 0 Å². The van der Waals surface area contributed by atoms with Crippen molar-refractivity contribution in [3.8, 4) is 0 Å². The predicted molar refractivity (Wildman–Crippen MR) is 66.9 cm³/mol. The Morgan fingerprint density at radius 1 is 1.39 bits per heavy atom. The minimum Gasteiger partial charge on any atom is -0.409 e. The number of unbranched alkanes of at least 4 members (excludes halogenated alkanes) is 1. The Balaban J connectivity index is 2.52. The highest BCUT2D eigenvalue weighted by molar-refractivity contribution is 5.97. The molecule has 0 spiro atoms. The number of oxime groups is 1. The fraction of sp³-hybridized carbons (Fsp3) is 0.417. The molecule has 1 rings (SSSR count). The summed E-state index contributed by atoms with van der Waals surface area (Å²) in [5.74, 6) is -0.509. The largest absolute Gasteiger partial charge is 0.409 e. The molecule has 0 unspecified atom stereocenters. The third-order valence-electron chi connectivity index (χ3n) is 2.53. The molecule has 0 aliphatic carbocycles. The minimum atomic E-state index is -0.395. The van der Waals surface area contributed by atoms with Gasteiger partial charge in [-0.05, 0) is 25.5 Å². The average Bonchev–Trinajstić information content (AvgIpc) is 2.39. The Labute approximate surface area is 105 Å². The van der Waals surface area contributed by atoms with E-state index in [1.807, 2.05) is 0 Å². The van der Waals surface area contributed by atoms with E-state index in [4.69, 9.17) is 16.0 Å². The number of aliphatic hydroxyl groups excluding tert-OH is 1. The van der Waals surface area contributed by atoms with E-state index in [1.165, 1.54) is 6.07 Å². The Hall–Kier alpha value is -1.66. The van der Waals surface area contributed by atoms with Crippen LogP contribution >= 0.6 is 0 Å². The maximum atomic E-state index is 13.6. The molecule has 0 fully saturated rings. The molecular formula is C12H18FN3O2. The fourth-order valence-corrected chi connectivity index (χ4v) is 1.49. The van der Waals surface area contributed by atoms with Gasteiger partial charge in [0, 0.05) is 24.3 Å². The first-order valence-electron chi connectivity index (χ1n) is 5.77. The smallest absolute Gasteiger partial charge is 0.170 e. The standard InChI is InChI=1S/C12H18FN3O2/c13-11-7-9(12(14)16-18)3-4-10(11)8-15-5-1-2-6-17/h3-4,7,15,17-18H,1-2,5-6,8H2,(H2,14,16). The van der Waals surface area contributed by atoms with Gasteiger partial charge < -0.3 is 21.4 Å².